The quantitative estimate of drug-likeness (QED) is 0.791. The van der Waals surface area contributed by atoms with Crippen LogP contribution in [0.5, 0.6) is 0 Å². The van der Waals surface area contributed by atoms with Gasteiger partial charge in [0, 0.05) is 17.4 Å². The molecule has 3 nitrogen and oxygen atoms in total. The zero-order chi connectivity index (χ0) is 15.1. The first-order valence-corrected chi connectivity index (χ1v) is 8.98. The van der Waals surface area contributed by atoms with E-state index in [-0.39, 0.29) is 5.91 Å². The first kappa shape index (κ1) is 16.3. The number of benzene rings is 1. The Morgan fingerprint density at radius 2 is 2.00 bits per heavy atom. The van der Waals surface area contributed by atoms with Crippen molar-refractivity contribution in [1.29, 1.82) is 0 Å². The average molecular weight is 322 g/mol. The Morgan fingerprint density at radius 1 is 1.29 bits per heavy atom. The molecule has 0 bridgehead atoms. The van der Waals surface area contributed by atoms with Crippen molar-refractivity contribution >= 4 is 34.9 Å². The summed E-state index contributed by atoms with van der Waals surface area (Å²) in [6, 6.07) is 8.23. The van der Waals surface area contributed by atoms with Crippen LogP contribution in [0.15, 0.2) is 24.3 Å². The summed E-state index contributed by atoms with van der Waals surface area (Å²) in [6.07, 6.45) is 6.02. The Labute approximate surface area is 136 Å². The van der Waals surface area contributed by atoms with Gasteiger partial charge in [0.25, 0.3) is 0 Å². The molecule has 0 unspecified atom stereocenters. The van der Waals surface area contributed by atoms with Gasteiger partial charge in [-0.25, -0.2) is 0 Å². The predicted octanol–water partition coefficient (Wildman–Crippen LogP) is 3.00. The smallest absolute Gasteiger partial charge is 0.230 e. The maximum atomic E-state index is 11.9. The van der Waals surface area contributed by atoms with Crippen LogP contribution in [0.25, 0.3) is 0 Å². The summed E-state index contributed by atoms with van der Waals surface area (Å²) in [4.78, 5) is 12.4. The second-order valence-electron chi connectivity index (χ2n) is 5.42. The summed E-state index contributed by atoms with van der Waals surface area (Å²) >= 11 is 6.66. The molecule has 0 radical (unpaired) electrons. The van der Waals surface area contributed by atoms with Crippen molar-refractivity contribution in [2.24, 2.45) is 5.73 Å². The zero-order valence-corrected chi connectivity index (χ0v) is 13.8. The van der Waals surface area contributed by atoms with Crippen LogP contribution in [-0.4, -0.2) is 22.7 Å². The summed E-state index contributed by atoms with van der Waals surface area (Å²) in [5, 5.41) is 3.13. The number of nitrogens with two attached hydrogens (primary N) is 1. The Hall–Kier alpha value is -1.07. The fourth-order valence-electron chi connectivity index (χ4n) is 2.66. The number of thioether (sulfide) groups is 1. The second-order valence-corrected chi connectivity index (χ2v) is 6.84. The normalized spacial score (nSPS) is 15.6. The Balaban J connectivity index is 1.76. The highest BCUT2D eigenvalue weighted by atomic mass is 32.2. The largest absolute Gasteiger partial charge is 0.389 e. The highest BCUT2D eigenvalue weighted by Gasteiger charge is 2.15. The molecule has 0 aromatic heterocycles. The standard InChI is InChI=1S/C16H22N2OS2/c17-16(20)14-9-5-4-6-12(14)10-21-11-15(19)18-13-7-2-1-3-8-13/h4-6,9,13H,1-3,7-8,10-11H2,(H2,17,20)(H,18,19). The van der Waals surface area contributed by atoms with Crippen LogP contribution in [0.3, 0.4) is 0 Å². The van der Waals surface area contributed by atoms with E-state index in [0.717, 1.165) is 29.7 Å². The molecule has 0 spiro atoms. The summed E-state index contributed by atoms with van der Waals surface area (Å²) in [5.74, 6) is 1.38. The molecule has 0 saturated heterocycles. The fraction of sp³-hybridized carbons (Fsp3) is 0.500. The van der Waals surface area contributed by atoms with Gasteiger partial charge in [0.1, 0.15) is 4.99 Å². The molecule has 2 rings (SSSR count). The molecule has 0 aliphatic heterocycles. The molecular formula is C16H22N2OS2. The molecule has 1 aromatic carbocycles. The lowest BCUT2D eigenvalue weighted by Gasteiger charge is -2.22. The topological polar surface area (TPSA) is 55.1 Å². The highest BCUT2D eigenvalue weighted by Crippen LogP contribution is 2.19. The molecule has 1 fully saturated rings. The maximum Gasteiger partial charge on any atom is 0.230 e. The van der Waals surface area contributed by atoms with Crippen molar-refractivity contribution in [3.8, 4) is 0 Å². The molecule has 5 heteroatoms. The first-order valence-electron chi connectivity index (χ1n) is 7.41. The van der Waals surface area contributed by atoms with Crippen LogP contribution >= 0.6 is 24.0 Å². The van der Waals surface area contributed by atoms with E-state index in [2.05, 4.69) is 5.32 Å². The van der Waals surface area contributed by atoms with Crippen LogP contribution in [0, 0.1) is 0 Å². The zero-order valence-electron chi connectivity index (χ0n) is 12.1. The van der Waals surface area contributed by atoms with Gasteiger partial charge in [0.2, 0.25) is 5.91 Å². The third-order valence-electron chi connectivity index (χ3n) is 3.74. The number of amides is 1. The average Bonchev–Trinajstić information content (AvgIpc) is 2.48. The Morgan fingerprint density at radius 3 is 2.71 bits per heavy atom. The summed E-state index contributed by atoms with van der Waals surface area (Å²) in [5.41, 5.74) is 7.72. The number of carbonyl (C=O) groups excluding carboxylic acids is 1. The van der Waals surface area contributed by atoms with Crippen LogP contribution < -0.4 is 11.1 Å². The van der Waals surface area contributed by atoms with Gasteiger partial charge in [-0.15, -0.1) is 11.8 Å². The molecule has 1 amide bonds. The van der Waals surface area contributed by atoms with Gasteiger partial charge in [-0.1, -0.05) is 55.7 Å². The molecule has 0 heterocycles. The predicted molar refractivity (Wildman–Crippen MR) is 93.5 cm³/mol. The van der Waals surface area contributed by atoms with Crippen molar-refractivity contribution < 1.29 is 4.79 Å². The molecule has 1 aliphatic rings. The van der Waals surface area contributed by atoms with Gasteiger partial charge in [-0.3, -0.25) is 4.79 Å². The number of nitrogens with one attached hydrogen (secondary N) is 1. The van der Waals surface area contributed by atoms with Crippen molar-refractivity contribution in [3.05, 3.63) is 35.4 Å². The molecule has 114 valence electrons. The lowest BCUT2D eigenvalue weighted by atomic mass is 9.95. The SMILES string of the molecule is NC(=S)c1ccccc1CSCC(=O)NC1CCCCC1. The van der Waals surface area contributed by atoms with Crippen molar-refractivity contribution in [2.75, 3.05) is 5.75 Å². The number of hydrogen-bond acceptors (Lipinski definition) is 3. The minimum absolute atomic E-state index is 0.139. The number of carbonyl (C=O) groups is 1. The van der Waals surface area contributed by atoms with Gasteiger partial charge in [0.05, 0.1) is 5.75 Å². The molecular weight excluding hydrogens is 300 g/mol. The lowest BCUT2D eigenvalue weighted by molar-refractivity contribution is -0.119. The summed E-state index contributed by atoms with van der Waals surface area (Å²) in [7, 11) is 0. The van der Waals surface area contributed by atoms with E-state index < -0.39 is 0 Å². The van der Waals surface area contributed by atoms with E-state index in [0.29, 0.717) is 16.8 Å². The minimum atomic E-state index is 0.139. The monoisotopic (exact) mass is 322 g/mol. The van der Waals surface area contributed by atoms with Crippen molar-refractivity contribution in [2.45, 2.75) is 43.9 Å². The van der Waals surface area contributed by atoms with Crippen LogP contribution in [-0.2, 0) is 10.5 Å². The van der Waals surface area contributed by atoms with E-state index in [1.807, 2.05) is 24.3 Å². The van der Waals surface area contributed by atoms with Gasteiger partial charge < -0.3 is 11.1 Å². The molecule has 1 aromatic rings. The van der Waals surface area contributed by atoms with Crippen molar-refractivity contribution in [3.63, 3.8) is 0 Å². The van der Waals surface area contributed by atoms with Crippen LogP contribution in [0.4, 0.5) is 0 Å². The molecule has 0 atom stereocenters. The maximum absolute atomic E-state index is 11.9. The Bertz CT molecular complexity index is 499. The van der Waals surface area contributed by atoms with E-state index in [1.165, 1.54) is 19.3 Å². The third-order valence-corrected chi connectivity index (χ3v) is 4.95. The van der Waals surface area contributed by atoms with Gasteiger partial charge in [-0.05, 0) is 18.4 Å². The minimum Gasteiger partial charge on any atom is -0.389 e. The second kappa shape index (κ2) is 8.39. The van der Waals surface area contributed by atoms with E-state index in [9.17, 15) is 4.79 Å². The van der Waals surface area contributed by atoms with E-state index in [1.54, 1.807) is 11.8 Å². The van der Waals surface area contributed by atoms with Gasteiger partial charge in [0.15, 0.2) is 0 Å². The fourth-order valence-corrected chi connectivity index (χ4v) is 3.70. The summed E-state index contributed by atoms with van der Waals surface area (Å²) in [6.45, 7) is 0. The van der Waals surface area contributed by atoms with Crippen LogP contribution in [0.2, 0.25) is 0 Å². The summed E-state index contributed by atoms with van der Waals surface area (Å²) < 4.78 is 0. The lowest BCUT2D eigenvalue weighted by Crippen LogP contribution is -2.37. The first-order chi connectivity index (χ1) is 10.2. The van der Waals surface area contributed by atoms with E-state index in [4.69, 9.17) is 18.0 Å². The third kappa shape index (κ3) is 5.32. The number of hydrogen-bond donors (Lipinski definition) is 2. The van der Waals surface area contributed by atoms with Gasteiger partial charge >= 0.3 is 0 Å². The van der Waals surface area contributed by atoms with Gasteiger partial charge in [-0.2, -0.15) is 0 Å². The van der Waals surface area contributed by atoms with Crippen LogP contribution in [0.1, 0.15) is 43.2 Å². The highest BCUT2D eigenvalue weighted by molar-refractivity contribution is 7.99. The molecule has 3 N–H and O–H groups in total. The van der Waals surface area contributed by atoms with Crippen molar-refractivity contribution in [1.82, 2.24) is 5.32 Å². The van der Waals surface area contributed by atoms with E-state index >= 15 is 0 Å². The number of thiocarbonyl (C=S) groups is 1. The molecule has 21 heavy (non-hydrogen) atoms. The number of rotatable bonds is 6. The molecule has 1 saturated carbocycles. The Kier molecular flexibility index (Phi) is 6.51. The molecule has 1 aliphatic carbocycles.